The lowest BCUT2D eigenvalue weighted by Crippen LogP contribution is -2.39. The zero-order valence-corrected chi connectivity index (χ0v) is 14.9. The molecule has 136 valence electrons. The van der Waals surface area contributed by atoms with Crippen LogP contribution < -0.4 is 10.9 Å². The van der Waals surface area contributed by atoms with Crippen molar-refractivity contribution in [3.63, 3.8) is 0 Å². The van der Waals surface area contributed by atoms with E-state index in [9.17, 15) is 13.2 Å². The first-order valence-electron chi connectivity index (χ1n) is 8.75. The Morgan fingerprint density at radius 1 is 1.20 bits per heavy atom. The second-order valence-corrected chi connectivity index (χ2v) is 9.24. The van der Waals surface area contributed by atoms with E-state index in [1.165, 1.54) is 0 Å². The van der Waals surface area contributed by atoms with Crippen LogP contribution in [0.1, 0.15) is 30.0 Å². The van der Waals surface area contributed by atoms with E-state index >= 15 is 0 Å². The minimum atomic E-state index is -2.89. The molecule has 2 aliphatic rings. The highest BCUT2D eigenvalue weighted by molar-refractivity contribution is 7.91. The van der Waals surface area contributed by atoms with Gasteiger partial charge in [-0.15, -0.1) is 0 Å². The molecular weight excluding hydrogens is 342 g/mol. The number of H-pyrrole nitrogens is 1. The van der Waals surface area contributed by atoms with Crippen molar-refractivity contribution >= 4 is 15.5 Å². The maximum atomic E-state index is 12.2. The quantitative estimate of drug-likeness (QED) is 0.776. The summed E-state index contributed by atoms with van der Waals surface area (Å²) in [6, 6.07) is 1.66. The number of sulfone groups is 1. The zero-order valence-electron chi connectivity index (χ0n) is 14.1. The molecule has 2 aromatic rings. The van der Waals surface area contributed by atoms with Gasteiger partial charge < -0.3 is 10.3 Å². The van der Waals surface area contributed by atoms with Gasteiger partial charge in [-0.2, -0.15) is 5.10 Å². The highest BCUT2D eigenvalue weighted by Crippen LogP contribution is 2.25. The first-order chi connectivity index (χ1) is 12.0. The van der Waals surface area contributed by atoms with Crippen molar-refractivity contribution in [3.05, 3.63) is 33.9 Å². The van der Waals surface area contributed by atoms with E-state index in [1.807, 2.05) is 4.52 Å². The molecule has 25 heavy (non-hydrogen) atoms. The van der Waals surface area contributed by atoms with Gasteiger partial charge in [0, 0.05) is 37.2 Å². The van der Waals surface area contributed by atoms with Crippen molar-refractivity contribution in [2.45, 2.75) is 25.3 Å². The third kappa shape index (κ3) is 3.49. The lowest BCUT2D eigenvalue weighted by molar-refractivity contribution is 0.288. The van der Waals surface area contributed by atoms with Crippen molar-refractivity contribution in [2.75, 3.05) is 37.7 Å². The molecule has 2 saturated heterocycles. The molecule has 0 aliphatic carbocycles. The van der Waals surface area contributed by atoms with Gasteiger partial charge in [-0.1, -0.05) is 0 Å². The predicted octanol–water partition coefficient (Wildman–Crippen LogP) is -0.280. The number of aromatic amines is 1. The van der Waals surface area contributed by atoms with Gasteiger partial charge in [0.2, 0.25) is 0 Å². The third-order valence-corrected chi connectivity index (χ3v) is 6.81. The fourth-order valence-corrected chi connectivity index (χ4v) is 5.01. The number of nitrogens with one attached hydrogen (secondary N) is 2. The number of aromatic nitrogens is 3. The van der Waals surface area contributed by atoms with E-state index < -0.39 is 9.84 Å². The molecule has 0 radical (unpaired) electrons. The molecule has 2 aliphatic heterocycles. The Morgan fingerprint density at radius 3 is 2.64 bits per heavy atom. The van der Waals surface area contributed by atoms with Crippen LogP contribution >= 0.6 is 0 Å². The van der Waals surface area contributed by atoms with E-state index in [2.05, 4.69) is 20.3 Å². The Hall–Kier alpha value is -1.71. The molecule has 4 heterocycles. The molecule has 8 nitrogen and oxygen atoms in total. The normalized spacial score (nSPS) is 22.4. The largest absolute Gasteiger partial charge is 0.317 e. The van der Waals surface area contributed by atoms with Gasteiger partial charge in [0.25, 0.3) is 5.56 Å². The second kappa shape index (κ2) is 6.54. The first-order valence-corrected chi connectivity index (χ1v) is 10.6. The van der Waals surface area contributed by atoms with Crippen LogP contribution in [0.15, 0.2) is 17.1 Å². The fraction of sp³-hybridized carbons (Fsp3) is 0.625. The Kier molecular flexibility index (Phi) is 4.38. The lowest BCUT2D eigenvalue weighted by Gasteiger charge is -2.26. The highest BCUT2D eigenvalue weighted by atomic mass is 32.2. The molecule has 0 saturated carbocycles. The van der Waals surface area contributed by atoms with E-state index in [0.717, 1.165) is 42.8 Å². The molecule has 2 N–H and O–H groups in total. The van der Waals surface area contributed by atoms with Gasteiger partial charge in [-0.05, 0) is 25.9 Å². The predicted molar refractivity (Wildman–Crippen MR) is 94.6 cm³/mol. The monoisotopic (exact) mass is 365 g/mol. The molecule has 4 rings (SSSR count). The van der Waals surface area contributed by atoms with E-state index in [-0.39, 0.29) is 17.1 Å². The smallest absolute Gasteiger partial charge is 0.251 e. The number of hydrogen-bond acceptors (Lipinski definition) is 6. The maximum absolute atomic E-state index is 12.2. The van der Waals surface area contributed by atoms with Crippen LogP contribution in [0.3, 0.4) is 0 Å². The summed E-state index contributed by atoms with van der Waals surface area (Å²) in [7, 11) is -2.89. The molecule has 0 spiro atoms. The van der Waals surface area contributed by atoms with Crippen molar-refractivity contribution in [1.29, 1.82) is 0 Å². The highest BCUT2D eigenvalue weighted by Gasteiger charge is 2.24. The second-order valence-electron chi connectivity index (χ2n) is 6.94. The van der Waals surface area contributed by atoms with Crippen LogP contribution in [-0.4, -0.2) is 65.6 Å². The summed E-state index contributed by atoms with van der Waals surface area (Å²) in [4.78, 5) is 17.2. The van der Waals surface area contributed by atoms with Crippen molar-refractivity contribution in [2.24, 2.45) is 0 Å². The van der Waals surface area contributed by atoms with E-state index in [0.29, 0.717) is 25.6 Å². The first kappa shape index (κ1) is 16.7. The van der Waals surface area contributed by atoms with Crippen molar-refractivity contribution < 1.29 is 8.42 Å². The minimum absolute atomic E-state index is 0.107. The average Bonchev–Trinajstić information content (AvgIpc) is 2.99. The fourth-order valence-electron chi connectivity index (χ4n) is 3.73. The molecular formula is C16H23N5O3S. The van der Waals surface area contributed by atoms with Crippen LogP contribution in [-0.2, 0) is 16.4 Å². The van der Waals surface area contributed by atoms with Crippen LogP contribution in [0.2, 0.25) is 0 Å². The standard InChI is InChI=1S/C16H23N5O3S/c22-15-9-14(12-1-3-17-4-2-12)21-16(19-15)13(10-18-21)11-20-5-7-25(23,24)8-6-20/h9-10,12,17H,1-8,11H2,(H,19,22). The van der Waals surface area contributed by atoms with Gasteiger partial charge in [-0.25, -0.2) is 12.9 Å². The number of nitrogens with zero attached hydrogens (tertiary/aromatic N) is 3. The number of hydrogen-bond donors (Lipinski definition) is 2. The van der Waals surface area contributed by atoms with E-state index in [4.69, 9.17) is 0 Å². The topological polar surface area (TPSA) is 99.6 Å². The van der Waals surface area contributed by atoms with Crippen LogP contribution in [0.25, 0.3) is 5.65 Å². The average molecular weight is 365 g/mol. The number of rotatable bonds is 3. The molecule has 2 aromatic heterocycles. The summed E-state index contributed by atoms with van der Waals surface area (Å²) in [6.07, 6.45) is 3.79. The summed E-state index contributed by atoms with van der Waals surface area (Å²) in [5, 5.41) is 7.85. The maximum Gasteiger partial charge on any atom is 0.251 e. The third-order valence-electron chi connectivity index (χ3n) is 5.20. The Morgan fingerprint density at radius 2 is 1.92 bits per heavy atom. The summed E-state index contributed by atoms with van der Waals surface area (Å²) in [5.41, 5.74) is 2.53. The molecule has 0 amide bonds. The van der Waals surface area contributed by atoms with Crippen LogP contribution in [0.4, 0.5) is 0 Å². The zero-order chi connectivity index (χ0) is 17.4. The van der Waals surface area contributed by atoms with Gasteiger partial charge >= 0.3 is 0 Å². The summed E-state index contributed by atoms with van der Waals surface area (Å²) >= 11 is 0. The Labute approximate surface area is 146 Å². The molecule has 2 fully saturated rings. The van der Waals surface area contributed by atoms with Crippen LogP contribution in [0.5, 0.6) is 0 Å². The Balaban J connectivity index is 1.63. The molecule has 0 unspecified atom stereocenters. The van der Waals surface area contributed by atoms with Crippen molar-refractivity contribution in [3.8, 4) is 0 Å². The Bertz CT molecular complexity index is 913. The summed E-state index contributed by atoms with van der Waals surface area (Å²) < 4.78 is 25.0. The van der Waals surface area contributed by atoms with Gasteiger partial charge in [-0.3, -0.25) is 9.69 Å². The SMILES string of the molecule is O=c1cc(C2CCNCC2)n2ncc(CN3CCS(=O)(=O)CC3)c2[nH]1. The summed E-state index contributed by atoms with van der Waals surface area (Å²) in [5.74, 6) is 0.727. The van der Waals surface area contributed by atoms with Gasteiger partial charge in [0.05, 0.1) is 23.4 Å². The molecule has 0 aromatic carbocycles. The minimum Gasteiger partial charge on any atom is -0.317 e. The molecule has 0 bridgehead atoms. The van der Waals surface area contributed by atoms with E-state index in [1.54, 1.807) is 12.3 Å². The number of fused-ring (bicyclic) bond motifs is 1. The van der Waals surface area contributed by atoms with Crippen LogP contribution in [0, 0.1) is 0 Å². The lowest BCUT2D eigenvalue weighted by atomic mass is 9.94. The van der Waals surface area contributed by atoms with Gasteiger partial charge in [0.15, 0.2) is 9.84 Å². The summed E-state index contributed by atoms with van der Waals surface area (Å²) in [6.45, 7) is 3.56. The number of piperidine rings is 1. The molecule has 9 heteroatoms. The molecule has 0 atom stereocenters. The van der Waals surface area contributed by atoms with Crippen molar-refractivity contribution in [1.82, 2.24) is 24.8 Å². The van der Waals surface area contributed by atoms with Gasteiger partial charge in [0.1, 0.15) is 5.65 Å².